The minimum Gasteiger partial charge on any atom is -0.377 e. The molecule has 2 heterocycles. The van der Waals surface area contributed by atoms with Gasteiger partial charge >= 0.3 is 6.03 Å². The fourth-order valence-electron chi connectivity index (χ4n) is 4.77. The number of carbonyl (C=O) groups excluding carboxylic acids is 1. The highest BCUT2D eigenvalue weighted by Gasteiger charge is 2.59. The number of urea groups is 1. The second-order valence-corrected chi connectivity index (χ2v) is 8.35. The standard InChI is InChI=1S/C17H29N3O2/c1-17(2)14(13-6-8-22-15(13)17)19-16(21)18-12-5-7-20(10-12)9-11-3-4-11/h11-15H,3-10H2,1-2H3,(H2,18,19,21). The van der Waals surface area contributed by atoms with Gasteiger partial charge in [0.25, 0.3) is 0 Å². The number of hydrogen-bond donors (Lipinski definition) is 2. The lowest BCUT2D eigenvalue weighted by Gasteiger charge is -2.54. The van der Waals surface area contributed by atoms with Gasteiger partial charge < -0.3 is 20.3 Å². The van der Waals surface area contributed by atoms with Crippen molar-refractivity contribution in [3.8, 4) is 0 Å². The van der Waals surface area contributed by atoms with E-state index in [9.17, 15) is 4.79 Å². The van der Waals surface area contributed by atoms with Crippen LogP contribution in [0.3, 0.4) is 0 Å². The molecule has 0 spiro atoms. The van der Waals surface area contributed by atoms with Crippen molar-refractivity contribution in [1.82, 2.24) is 15.5 Å². The topological polar surface area (TPSA) is 53.6 Å². The summed E-state index contributed by atoms with van der Waals surface area (Å²) in [4.78, 5) is 14.8. The molecule has 0 bridgehead atoms. The van der Waals surface area contributed by atoms with E-state index in [4.69, 9.17) is 4.74 Å². The molecule has 4 fully saturated rings. The molecule has 22 heavy (non-hydrogen) atoms. The number of rotatable bonds is 4. The average Bonchev–Trinajstić information content (AvgIpc) is 3.00. The van der Waals surface area contributed by atoms with E-state index >= 15 is 0 Å². The van der Waals surface area contributed by atoms with Gasteiger partial charge in [-0.2, -0.15) is 0 Å². The molecule has 0 aromatic heterocycles. The molecule has 5 heteroatoms. The first-order valence-corrected chi connectivity index (χ1v) is 8.95. The fraction of sp³-hybridized carbons (Fsp3) is 0.941. The molecule has 4 unspecified atom stereocenters. The number of likely N-dealkylation sites (tertiary alicyclic amines) is 1. The van der Waals surface area contributed by atoms with Crippen LogP contribution in [0.1, 0.15) is 39.5 Å². The molecule has 4 atom stereocenters. The largest absolute Gasteiger partial charge is 0.377 e. The van der Waals surface area contributed by atoms with E-state index in [2.05, 4.69) is 29.4 Å². The predicted molar refractivity (Wildman–Crippen MR) is 84.7 cm³/mol. The molecule has 2 saturated heterocycles. The summed E-state index contributed by atoms with van der Waals surface area (Å²) in [6.07, 6.45) is 5.30. The Morgan fingerprint density at radius 2 is 2.05 bits per heavy atom. The van der Waals surface area contributed by atoms with Gasteiger partial charge in [-0.3, -0.25) is 0 Å². The summed E-state index contributed by atoms with van der Waals surface area (Å²) < 4.78 is 5.79. The van der Waals surface area contributed by atoms with Crippen molar-refractivity contribution in [3.63, 3.8) is 0 Å². The molecule has 2 aliphatic carbocycles. The van der Waals surface area contributed by atoms with Crippen LogP contribution in [0.5, 0.6) is 0 Å². The van der Waals surface area contributed by atoms with E-state index in [1.807, 2.05) is 0 Å². The zero-order valence-corrected chi connectivity index (χ0v) is 13.8. The third-order valence-corrected chi connectivity index (χ3v) is 6.21. The Bertz CT molecular complexity index is 449. The van der Waals surface area contributed by atoms with Crippen LogP contribution in [0.4, 0.5) is 4.79 Å². The first-order valence-electron chi connectivity index (χ1n) is 8.95. The Labute approximate surface area is 133 Å². The van der Waals surface area contributed by atoms with E-state index in [1.54, 1.807) is 0 Å². The van der Waals surface area contributed by atoms with E-state index in [1.165, 1.54) is 19.4 Å². The number of amides is 2. The Morgan fingerprint density at radius 3 is 2.82 bits per heavy atom. The van der Waals surface area contributed by atoms with Gasteiger partial charge in [0, 0.05) is 49.7 Å². The highest BCUT2D eigenvalue weighted by molar-refractivity contribution is 5.75. The molecule has 4 aliphatic rings. The van der Waals surface area contributed by atoms with Gasteiger partial charge in [0.2, 0.25) is 0 Å². The van der Waals surface area contributed by atoms with Gasteiger partial charge in [0.1, 0.15) is 0 Å². The van der Waals surface area contributed by atoms with Crippen LogP contribution in [0.15, 0.2) is 0 Å². The maximum absolute atomic E-state index is 12.3. The van der Waals surface area contributed by atoms with Crippen LogP contribution in [0, 0.1) is 17.3 Å². The van der Waals surface area contributed by atoms with Crippen molar-refractivity contribution in [2.45, 2.75) is 57.7 Å². The number of fused-ring (bicyclic) bond motifs is 1. The van der Waals surface area contributed by atoms with Crippen molar-refractivity contribution < 1.29 is 9.53 Å². The summed E-state index contributed by atoms with van der Waals surface area (Å²) in [6, 6.07) is 0.586. The van der Waals surface area contributed by atoms with Crippen LogP contribution in [0.2, 0.25) is 0 Å². The monoisotopic (exact) mass is 307 g/mol. The summed E-state index contributed by atoms with van der Waals surface area (Å²) in [6.45, 7) is 8.64. The molecule has 2 N–H and O–H groups in total. The minimum atomic E-state index is 0.0155. The average molecular weight is 307 g/mol. The summed E-state index contributed by atoms with van der Waals surface area (Å²) in [5, 5.41) is 6.41. The third kappa shape index (κ3) is 2.62. The lowest BCUT2D eigenvalue weighted by Crippen LogP contribution is -2.68. The van der Waals surface area contributed by atoms with Crippen LogP contribution < -0.4 is 10.6 Å². The smallest absolute Gasteiger partial charge is 0.315 e. The maximum atomic E-state index is 12.3. The van der Waals surface area contributed by atoms with Crippen molar-refractivity contribution in [2.75, 3.05) is 26.2 Å². The Hall–Kier alpha value is -0.810. The molecule has 124 valence electrons. The highest BCUT2D eigenvalue weighted by atomic mass is 16.5. The fourth-order valence-corrected chi connectivity index (χ4v) is 4.77. The molecular weight excluding hydrogens is 278 g/mol. The van der Waals surface area contributed by atoms with Crippen LogP contribution in [-0.4, -0.2) is 55.4 Å². The van der Waals surface area contributed by atoms with E-state index in [-0.39, 0.29) is 17.5 Å². The Balaban J connectivity index is 1.25. The quantitative estimate of drug-likeness (QED) is 0.829. The number of hydrogen-bond acceptors (Lipinski definition) is 3. The van der Waals surface area contributed by atoms with Crippen molar-refractivity contribution in [3.05, 3.63) is 0 Å². The molecular formula is C17H29N3O2. The zero-order chi connectivity index (χ0) is 15.3. The number of nitrogens with zero attached hydrogens (tertiary/aromatic N) is 1. The molecule has 2 amide bonds. The van der Waals surface area contributed by atoms with Crippen molar-refractivity contribution >= 4 is 6.03 Å². The minimum absolute atomic E-state index is 0.0155. The van der Waals surface area contributed by atoms with Crippen molar-refractivity contribution in [2.24, 2.45) is 17.3 Å². The van der Waals surface area contributed by atoms with Gasteiger partial charge in [-0.05, 0) is 31.6 Å². The summed E-state index contributed by atoms with van der Waals surface area (Å²) in [7, 11) is 0. The molecule has 0 aromatic carbocycles. The second-order valence-electron chi connectivity index (χ2n) is 8.35. The number of ether oxygens (including phenoxy) is 1. The number of carbonyl (C=O) groups is 1. The number of nitrogens with one attached hydrogen (secondary N) is 2. The molecule has 2 saturated carbocycles. The molecule has 0 aromatic rings. The SMILES string of the molecule is CC1(C)C(NC(=O)NC2CCN(CC3CC3)C2)C2CCOC21. The zero-order valence-electron chi connectivity index (χ0n) is 13.8. The van der Waals surface area contributed by atoms with Gasteiger partial charge in [-0.15, -0.1) is 0 Å². The Morgan fingerprint density at radius 1 is 1.23 bits per heavy atom. The van der Waals surface area contributed by atoms with Crippen LogP contribution >= 0.6 is 0 Å². The molecule has 2 aliphatic heterocycles. The van der Waals surface area contributed by atoms with Crippen LogP contribution in [-0.2, 0) is 4.74 Å². The summed E-state index contributed by atoms with van der Waals surface area (Å²) in [5.74, 6) is 1.44. The van der Waals surface area contributed by atoms with Crippen LogP contribution in [0.25, 0.3) is 0 Å². The predicted octanol–water partition coefficient (Wildman–Crippen LogP) is 1.58. The van der Waals surface area contributed by atoms with E-state index < -0.39 is 0 Å². The van der Waals surface area contributed by atoms with Gasteiger partial charge in [0.15, 0.2) is 0 Å². The summed E-state index contributed by atoms with van der Waals surface area (Å²) >= 11 is 0. The normalized spacial score (nSPS) is 40.1. The first-order chi connectivity index (χ1) is 10.5. The van der Waals surface area contributed by atoms with E-state index in [0.717, 1.165) is 38.5 Å². The van der Waals surface area contributed by atoms with Crippen molar-refractivity contribution in [1.29, 1.82) is 0 Å². The molecule has 5 nitrogen and oxygen atoms in total. The van der Waals surface area contributed by atoms with E-state index in [0.29, 0.717) is 18.1 Å². The first kappa shape index (κ1) is 14.8. The molecule has 0 radical (unpaired) electrons. The second kappa shape index (κ2) is 5.38. The highest BCUT2D eigenvalue weighted by Crippen LogP contribution is 2.52. The summed E-state index contributed by atoms with van der Waals surface area (Å²) in [5.41, 5.74) is 0.0617. The Kier molecular flexibility index (Phi) is 3.61. The third-order valence-electron chi connectivity index (χ3n) is 6.21. The molecule has 4 rings (SSSR count). The van der Waals surface area contributed by atoms with Gasteiger partial charge in [0.05, 0.1) is 6.10 Å². The maximum Gasteiger partial charge on any atom is 0.315 e. The lowest BCUT2D eigenvalue weighted by atomic mass is 9.57. The van der Waals surface area contributed by atoms with Gasteiger partial charge in [-0.1, -0.05) is 13.8 Å². The lowest BCUT2D eigenvalue weighted by molar-refractivity contribution is -0.108. The van der Waals surface area contributed by atoms with Gasteiger partial charge in [-0.25, -0.2) is 4.79 Å².